The van der Waals surface area contributed by atoms with Crippen molar-refractivity contribution in [3.63, 3.8) is 0 Å². The van der Waals surface area contributed by atoms with E-state index >= 15 is 0 Å². The summed E-state index contributed by atoms with van der Waals surface area (Å²) in [5.74, 6) is -7.95. The van der Waals surface area contributed by atoms with Gasteiger partial charge in [0, 0.05) is 17.5 Å². The summed E-state index contributed by atoms with van der Waals surface area (Å²) in [6, 6.07) is 9.14. The Kier molecular flexibility index (Phi) is 7.34. The molecule has 0 bridgehead atoms. The van der Waals surface area contributed by atoms with Gasteiger partial charge in [0.25, 0.3) is 0 Å². The molecule has 0 saturated heterocycles. The van der Waals surface area contributed by atoms with E-state index in [1.165, 1.54) is 13.2 Å². The number of ketones is 2. The van der Waals surface area contributed by atoms with Crippen LogP contribution in [0.2, 0.25) is 0 Å². The van der Waals surface area contributed by atoms with Crippen molar-refractivity contribution < 1.29 is 49.1 Å². The van der Waals surface area contributed by atoms with E-state index in [0.717, 1.165) is 0 Å². The molecule has 42 heavy (non-hydrogen) atoms. The first-order chi connectivity index (χ1) is 19.8. The molecule has 6 N–H and O–H groups in total. The molecule has 6 atom stereocenters. The Labute approximate surface area is 241 Å². The Balaban J connectivity index is 1.62. The van der Waals surface area contributed by atoms with Gasteiger partial charge in [0.15, 0.2) is 11.4 Å². The number of carbonyl (C=O) groups excluding carboxylic acids is 4. The van der Waals surface area contributed by atoms with E-state index in [0.29, 0.717) is 22.3 Å². The van der Waals surface area contributed by atoms with Crippen molar-refractivity contribution in [3.8, 4) is 16.9 Å². The molecule has 3 aliphatic rings. The molecule has 2 aromatic carbocycles. The van der Waals surface area contributed by atoms with Crippen LogP contribution in [0.3, 0.4) is 0 Å². The first-order valence-corrected chi connectivity index (χ1v) is 13.4. The summed E-state index contributed by atoms with van der Waals surface area (Å²) in [7, 11) is 4.39. The van der Waals surface area contributed by atoms with Crippen molar-refractivity contribution in [1.82, 2.24) is 4.90 Å². The standard InChI is InChI=1S/C30H32N2O10/c1-32(2)23-18-11-15-10-17-16(14-6-4-5-13(9-14)12-42-29(39)41-3)7-8-19(33)21(17)24(34)20(15)26(36)30(18,40)27(37)22(25(23)35)28(31)38/h4-9,15,18,22-23,25,33-35,40H,10-12H2,1-3H3,(H2,31,38)/t15-,18-,22?,23-,25?,30-/m1/s1. The molecule has 5 rings (SSSR count). The highest BCUT2D eigenvalue weighted by atomic mass is 16.7. The number of likely N-dealkylation sites (N-methyl/N-ethyl adjacent to an activating group) is 1. The number of aliphatic hydroxyl groups excluding tert-OH is 2. The summed E-state index contributed by atoms with van der Waals surface area (Å²) in [5, 5.41) is 45.0. The zero-order chi connectivity index (χ0) is 30.7. The van der Waals surface area contributed by atoms with Crippen molar-refractivity contribution in [2.75, 3.05) is 21.2 Å². The van der Waals surface area contributed by atoms with Gasteiger partial charge in [-0.15, -0.1) is 0 Å². The highest BCUT2D eigenvalue weighted by Crippen LogP contribution is 2.53. The second-order valence-corrected chi connectivity index (χ2v) is 11.2. The van der Waals surface area contributed by atoms with Crippen LogP contribution in [0.5, 0.6) is 5.75 Å². The predicted molar refractivity (Wildman–Crippen MR) is 147 cm³/mol. The Hall–Kier alpha value is -4.26. The number of hydrogen-bond acceptors (Lipinski definition) is 11. The number of benzene rings is 2. The van der Waals surface area contributed by atoms with E-state index in [2.05, 4.69) is 4.74 Å². The predicted octanol–water partition coefficient (Wildman–Crippen LogP) is 1.08. The van der Waals surface area contributed by atoms with Gasteiger partial charge < -0.3 is 40.5 Å². The first-order valence-electron chi connectivity index (χ1n) is 13.4. The highest BCUT2D eigenvalue weighted by Gasteiger charge is 2.67. The molecule has 0 spiro atoms. The summed E-state index contributed by atoms with van der Waals surface area (Å²) in [6.45, 7) is -0.0535. The van der Waals surface area contributed by atoms with Gasteiger partial charge in [-0.25, -0.2) is 4.79 Å². The van der Waals surface area contributed by atoms with Gasteiger partial charge >= 0.3 is 6.16 Å². The topological polar surface area (TPSA) is 197 Å². The Morgan fingerprint density at radius 2 is 1.86 bits per heavy atom. The zero-order valence-corrected chi connectivity index (χ0v) is 23.2. The van der Waals surface area contributed by atoms with Crippen molar-refractivity contribution in [2.24, 2.45) is 23.5 Å². The summed E-state index contributed by atoms with van der Waals surface area (Å²) in [6.07, 6.45) is -2.23. The zero-order valence-electron chi connectivity index (χ0n) is 23.2. The van der Waals surface area contributed by atoms with Gasteiger partial charge in [-0.05, 0) is 67.2 Å². The smallest absolute Gasteiger partial charge is 0.507 e. The van der Waals surface area contributed by atoms with Crippen molar-refractivity contribution in [1.29, 1.82) is 0 Å². The molecule has 0 aromatic heterocycles. The molecule has 0 aliphatic heterocycles. The van der Waals surface area contributed by atoms with Crippen molar-refractivity contribution >= 4 is 29.4 Å². The summed E-state index contributed by atoms with van der Waals surface area (Å²) in [5.41, 5.74) is 4.98. The van der Waals surface area contributed by atoms with Crippen LogP contribution in [0.1, 0.15) is 23.1 Å². The number of phenols is 1. The van der Waals surface area contributed by atoms with Crippen LogP contribution in [0, 0.1) is 17.8 Å². The number of aliphatic hydroxyl groups is 3. The number of aromatic hydroxyl groups is 1. The number of methoxy groups -OCH3 is 1. The number of amides is 1. The van der Waals surface area contributed by atoms with Gasteiger partial charge in [-0.3, -0.25) is 14.4 Å². The van der Waals surface area contributed by atoms with Crippen LogP contribution in [0.4, 0.5) is 4.79 Å². The fourth-order valence-electron chi connectivity index (χ4n) is 6.90. The van der Waals surface area contributed by atoms with Gasteiger partial charge in [0.2, 0.25) is 11.7 Å². The molecule has 2 unspecified atom stereocenters. The monoisotopic (exact) mass is 580 g/mol. The third-order valence-corrected chi connectivity index (χ3v) is 8.73. The van der Waals surface area contributed by atoms with Crippen molar-refractivity contribution in [3.05, 3.63) is 58.7 Å². The Morgan fingerprint density at radius 1 is 1.14 bits per heavy atom. The second kappa shape index (κ2) is 10.5. The molecular formula is C30H32N2O10. The van der Waals surface area contributed by atoms with E-state index in [-0.39, 0.29) is 36.3 Å². The van der Waals surface area contributed by atoms with Gasteiger partial charge in [0.05, 0.1) is 18.8 Å². The van der Waals surface area contributed by atoms with E-state index in [4.69, 9.17) is 10.5 Å². The molecule has 12 nitrogen and oxygen atoms in total. The number of primary amides is 1. The number of hydrogen-bond donors (Lipinski definition) is 5. The maximum atomic E-state index is 14.0. The largest absolute Gasteiger partial charge is 0.508 e. The summed E-state index contributed by atoms with van der Waals surface area (Å²) >= 11 is 0. The number of nitrogens with zero attached hydrogens (tertiary/aromatic N) is 1. The molecule has 2 saturated carbocycles. The average molecular weight is 581 g/mol. The van der Waals surface area contributed by atoms with Crippen LogP contribution >= 0.6 is 0 Å². The van der Waals surface area contributed by atoms with Gasteiger partial charge in [-0.2, -0.15) is 0 Å². The molecule has 0 radical (unpaired) electrons. The molecule has 2 fully saturated rings. The summed E-state index contributed by atoms with van der Waals surface area (Å²) in [4.78, 5) is 52.6. The lowest BCUT2D eigenvalue weighted by Gasteiger charge is -2.53. The third-order valence-electron chi connectivity index (χ3n) is 8.73. The lowest BCUT2D eigenvalue weighted by molar-refractivity contribution is -0.184. The maximum Gasteiger partial charge on any atom is 0.508 e. The molecule has 1 amide bonds. The van der Waals surface area contributed by atoms with E-state index in [1.54, 1.807) is 49.3 Å². The SMILES string of the molecule is COC(=O)OCc1cccc(-c2ccc(O)c3c2C[C@@H]2C[C@@H]4[C@@H](N(C)C)C(O)C(C(N)=O)C(=O)[C@]4(O)C(=O)C2=C3O)c1. The number of phenolic OH excluding ortho intramolecular Hbond substituents is 1. The molecule has 0 heterocycles. The number of nitrogens with two attached hydrogens (primary N) is 1. The normalized spacial score (nSPS) is 28.6. The van der Waals surface area contributed by atoms with Crippen LogP contribution in [0.25, 0.3) is 16.9 Å². The highest BCUT2D eigenvalue weighted by molar-refractivity contribution is 6.25. The van der Waals surface area contributed by atoms with Crippen LogP contribution < -0.4 is 5.73 Å². The minimum atomic E-state index is -2.72. The number of carbonyl (C=O) groups is 4. The maximum absolute atomic E-state index is 14.0. The lowest BCUT2D eigenvalue weighted by Crippen LogP contribution is -2.73. The second-order valence-electron chi connectivity index (χ2n) is 11.2. The third kappa shape index (κ3) is 4.34. The quantitative estimate of drug-likeness (QED) is 0.251. The van der Waals surface area contributed by atoms with E-state index < -0.39 is 64.9 Å². The van der Waals surface area contributed by atoms with Crippen LogP contribution in [-0.2, 0) is 36.9 Å². The average Bonchev–Trinajstić information content (AvgIpc) is 2.93. The first kappa shape index (κ1) is 29.2. The van der Waals surface area contributed by atoms with Crippen molar-refractivity contribution in [2.45, 2.75) is 37.2 Å². The molecular weight excluding hydrogens is 548 g/mol. The van der Waals surface area contributed by atoms with Gasteiger partial charge in [-0.1, -0.05) is 24.3 Å². The fourth-order valence-corrected chi connectivity index (χ4v) is 6.90. The molecule has 222 valence electrons. The molecule has 12 heteroatoms. The Morgan fingerprint density at radius 3 is 2.50 bits per heavy atom. The molecule has 3 aliphatic carbocycles. The van der Waals surface area contributed by atoms with Crippen LogP contribution in [-0.4, -0.2) is 87.9 Å². The van der Waals surface area contributed by atoms with Crippen LogP contribution in [0.15, 0.2) is 42.0 Å². The molecule has 2 aromatic rings. The Bertz CT molecular complexity index is 1530. The number of rotatable bonds is 5. The number of ether oxygens (including phenoxy) is 2. The minimum Gasteiger partial charge on any atom is -0.507 e. The van der Waals surface area contributed by atoms with E-state index in [9.17, 15) is 39.6 Å². The summed E-state index contributed by atoms with van der Waals surface area (Å²) < 4.78 is 9.55. The lowest BCUT2D eigenvalue weighted by atomic mass is 9.54. The number of Topliss-reactive ketones (excluding diaryl/α,β-unsaturated/α-hetero) is 2. The minimum absolute atomic E-state index is 0.00994. The number of fused-ring (bicyclic) bond motifs is 3. The van der Waals surface area contributed by atoms with Gasteiger partial charge in [0.1, 0.15) is 24.0 Å². The fraction of sp³-hybridized carbons (Fsp3) is 0.400. The van der Waals surface area contributed by atoms with E-state index in [1.807, 2.05) is 0 Å².